The van der Waals surface area contributed by atoms with E-state index in [-0.39, 0.29) is 10.6 Å². The van der Waals surface area contributed by atoms with Crippen LogP contribution in [0.15, 0.2) is 23.1 Å². The molecule has 0 radical (unpaired) electrons. The minimum absolute atomic E-state index is 0.0164. The summed E-state index contributed by atoms with van der Waals surface area (Å²) in [7, 11) is -3.77. The van der Waals surface area contributed by atoms with Gasteiger partial charge in [-0.2, -0.15) is 0 Å². The van der Waals surface area contributed by atoms with E-state index in [4.69, 9.17) is 10.9 Å². The molecule has 0 heterocycles. The fourth-order valence-electron chi connectivity index (χ4n) is 2.71. The maximum atomic E-state index is 11.4. The average Bonchev–Trinajstić information content (AvgIpc) is 2.72. The highest BCUT2D eigenvalue weighted by atomic mass is 32.2. The molecule has 0 saturated heterocycles. The van der Waals surface area contributed by atoms with Crippen molar-refractivity contribution in [1.29, 1.82) is 0 Å². The molecule has 0 aromatic heterocycles. The van der Waals surface area contributed by atoms with E-state index in [0.29, 0.717) is 11.6 Å². The van der Waals surface area contributed by atoms with Gasteiger partial charge in [-0.1, -0.05) is 19.4 Å². The number of hydrogen-bond donors (Lipinski definition) is 3. The summed E-state index contributed by atoms with van der Waals surface area (Å²) in [5.74, 6) is 1.41. The van der Waals surface area contributed by atoms with Crippen molar-refractivity contribution in [3.63, 3.8) is 0 Å². The molecule has 5 N–H and O–H groups in total. The molecule has 19 heavy (non-hydrogen) atoms. The zero-order chi connectivity index (χ0) is 14.0. The summed E-state index contributed by atoms with van der Waals surface area (Å²) in [6.45, 7) is 3.08. The van der Waals surface area contributed by atoms with E-state index in [1.165, 1.54) is 25.3 Å². The molecule has 0 aliphatic heterocycles. The van der Waals surface area contributed by atoms with Crippen LogP contribution in [0.3, 0.4) is 0 Å². The Morgan fingerprint density at radius 2 is 2.11 bits per heavy atom. The van der Waals surface area contributed by atoms with E-state index in [9.17, 15) is 8.42 Å². The van der Waals surface area contributed by atoms with Gasteiger partial charge in [0.2, 0.25) is 10.0 Å². The van der Waals surface area contributed by atoms with Crippen LogP contribution in [0.1, 0.15) is 26.2 Å². The largest absolute Gasteiger partial charge is 0.396 e. The molecule has 1 aromatic carbocycles. The van der Waals surface area contributed by atoms with Gasteiger partial charge in [-0.25, -0.2) is 13.6 Å². The molecule has 2 unspecified atom stereocenters. The van der Waals surface area contributed by atoms with Crippen LogP contribution in [0.4, 0.5) is 11.4 Å². The second-order valence-corrected chi connectivity index (χ2v) is 6.96. The van der Waals surface area contributed by atoms with Gasteiger partial charge in [0.15, 0.2) is 0 Å². The molecule has 1 aliphatic carbocycles. The third kappa shape index (κ3) is 3.39. The Morgan fingerprint density at radius 1 is 1.37 bits per heavy atom. The van der Waals surface area contributed by atoms with Crippen LogP contribution >= 0.6 is 0 Å². The highest BCUT2D eigenvalue weighted by Gasteiger charge is 2.21. The number of nitrogen functional groups attached to an aromatic ring is 1. The maximum Gasteiger partial charge on any atom is 0.240 e. The van der Waals surface area contributed by atoms with Crippen LogP contribution in [0.25, 0.3) is 0 Å². The number of sulfonamides is 1. The Hall–Kier alpha value is -1.27. The van der Waals surface area contributed by atoms with E-state index >= 15 is 0 Å². The summed E-state index contributed by atoms with van der Waals surface area (Å²) in [6.07, 6.45) is 3.68. The van der Waals surface area contributed by atoms with Gasteiger partial charge in [0, 0.05) is 6.54 Å². The van der Waals surface area contributed by atoms with E-state index in [1.807, 2.05) is 0 Å². The lowest BCUT2D eigenvalue weighted by Crippen LogP contribution is -2.17. The van der Waals surface area contributed by atoms with Crippen LogP contribution in [0.5, 0.6) is 0 Å². The zero-order valence-electron chi connectivity index (χ0n) is 11.1. The van der Waals surface area contributed by atoms with Gasteiger partial charge in [-0.05, 0) is 36.8 Å². The van der Waals surface area contributed by atoms with Gasteiger partial charge in [0.1, 0.15) is 4.90 Å². The summed E-state index contributed by atoms with van der Waals surface area (Å²) < 4.78 is 22.8. The van der Waals surface area contributed by atoms with Crippen molar-refractivity contribution < 1.29 is 8.42 Å². The number of nitrogens with one attached hydrogen (secondary N) is 1. The van der Waals surface area contributed by atoms with Gasteiger partial charge < -0.3 is 11.1 Å². The number of hydrogen-bond acceptors (Lipinski definition) is 4. The molecule has 6 heteroatoms. The standard InChI is InChI=1S/C13H21N3O2S/c1-9-5-6-10(7-9)8-16-11-3-2-4-12(13(11)14)19(15,17)18/h2-4,9-10,16H,5-8,14H2,1H3,(H2,15,17,18). The van der Waals surface area contributed by atoms with Gasteiger partial charge >= 0.3 is 0 Å². The topological polar surface area (TPSA) is 98.2 Å². The summed E-state index contributed by atoms with van der Waals surface area (Å²) in [5.41, 5.74) is 6.71. The van der Waals surface area contributed by atoms with Crippen molar-refractivity contribution >= 4 is 21.4 Å². The summed E-state index contributed by atoms with van der Waals surface area (Å²) >= 11 is 0. The van der Waals surface area contributed by atoms with Crippen molar-refractivity contribution in [3.8, 4) is 0 Å². The van der Waals surface area contributed by atoms with Crippen molar-refractivity contribution in [2.24, 2.45) is 17.0 Å². The molecular weight excluding hydrogens is 262 g/mol. The van der Waals surface area contributed by atoms with E-state index in [1.54, 1.807) is 12.1 Å². The third-order valence-electron chi connectivity index (χ3n) is 3.76. The number of nitrogens with two attached hydrogens (primary N) is 2. The predicted octanol–water partition coefficient (Wildman–Crippen LogP) is 1.76. The monoisotopic (exact) mass is 283 g/mol. The third-order valence-corrected chi connectivity index (χ3v) is 4.73. The van der Waals surface area contributed by atoms with Crippen molar-refractivity contribution in [2.45, 2.75) is 31.1 Å². The fourth-order valence-corrected chi connectivity index (χ4v) is 3.40. The van der Waals surface area contributed by atoms with Crippen LogP contribution in [-0.4, -0.2) is 15.0 Å². The Labute approximate surface area is 114 Å². The predicted molar refractivity (Wildman–Crippen MR) is 77.2 cm³/mol. The number of anilines is 2. The lowest BCUT2D eigenvalue weighted by molar-refractivity contribution is 0.537. The molecule has 1 fully saturated rings. The first-order valence-electron chi connectivity index (χ1n) is 6.53. The summed E-state index contributed by atoms with van der Waals surface area (Å²) in [4.78, 5) is -0.0164. The Morgan fingerprint density at radius 3 is 2.68 bits per heavy atom. The molecule has 0 amide bonds. The van der Waals surface area contributed by atoms with Crippen molar-refractivity contribution in [2.75, 3.05) is 17.6 Å². The molecule has 106 valence electrons. The van der Waals surface area contributed by atoms with Crippen LogP contribution in [0, 0.1) is 11.8 Å². The Bertz CT molecular complexity index is 557. The minimum Gasteiger partial charge on any atom is -0.396 e. The Balaban J connectivity index is 2.09. The van der Waals surface area contributed by atoms with Gasteiger partial charge in [-0.15, -0.1) is 0 Å². The van der Waals surface area contributed by atoms with Gasteiger partial charge in [0.05, 0.1) is 11.4 Å². The average molecular weight is 283 g/mol. The number of para-hydroxylation sites is 1. The first kappa shape index (κ1) is 14.1. The van der Waals surface area contributed by atoms with Crippen LogP contribution in [0.2, 0.25) is 0 Å². The minimum atomic E-state index is -3.77. The van der Waals surface area contributed by atoms with Crippen molar-refractivity contribution in [1.82, 2.24) is 0 Å². The molecule has 5 nitrogen and oxygen atoms in total. The smallest absolute Gasteiger partial charge is 0.240 e. The highest BCUT2D eigenvalue weighted by Crippen LogP contribution is 2.31. The summed E-state index contributed by atoms with van der Waals surface area (Å²) in [5, 5.41) is 8.37. The second-order valence-electron chi connectivity index (χ2n) is 5.43. The van der Waals surface area contributed by atoms with Crippen molar-refractivity contribution in [3.05, 3.63) is 18.2 Å². The SMILES string of the molecule is CC1CCC(CNc2cccc(S(N)(=O)=O)c2N)C1. The van der Waals surface area contributed by atoms with E-state index in [2.05, 4.69) is 12.2 Å². The number of primary sulfonamides is 1. The molecule has 2 rings (SSSR count). The molecular formula is C13H21N3O2S. The molecule has 1 aromatic rings. The van der Waals surface area contributed by atoms with Gasteiger partial charge in [0.25, 0.3) is 0 Å². The van der Waals surface area contributed by atoms with Gasteiger partial charge in [-0.3, -0.25) is 0 Å². The molecule has 2 atom stereocenters. The van der Waals surface area contributed by atoms with Crippen LogP contribution in [-0.2, 0) is 10.0 Å². The first-order valence-corrected chi connectivity index (χ1v) is 8.07. The van der Waals surface area contributed by atoms with E-state index in [0.717, 1.165) is 12.5 Å². The molecule has 0 spiro atoms. The molecule has 0 bridgehead atoms. The quantitative estimate of drug-likeness (QED) is 0.733. The fraction of sp³-hybridized carbons (Fsp3) is 0.538. The normalized spacial score (nSPS) is 23.5. The maximum absolute atomic E-state index is 11.4. The highest BCUT2D eigenvalue weighted by molar-refractivity contribution is 7.89. The van der Waals surface area contributed by atoms with Crippen LogP contribution < -0.4 is 16.2 Å². The lowest BCUT2D eigenvalue weighted by Gasteiger charge is -2.15. The first-order chi connectivity index (χ1) is 8.88. The van der Waals surface area contributed by atoms with E-state index < -0.39 is 10.0 Å². The zero-order valence-corrected chi connectivity index (χ0v) is 11.9. The molecule has 1 aliphatic rings. The summed E-state index contributed by atoms with van der Waals surface area (Å²) in [6, 6.07) is 4.85. The number of rotatable bonds is 4. The lowest BCUT2D eigenvalue weighted by atomic mass is 10.1. The molecule has 1 saturated carbocycles. The second kappa shape index (κ2) is 5.38. The number of benzene rings is 1. The Kier molecular flexibility index (Phi) is 4.01.